The first kappa shape index (κ1) is 16.0. The van der Waals surface area contributed by atoms with Crippen LogP contribution in [0.1, 0.15) is 38.7 Å². The van der Waals surface area contributed by atoms with Gasteiger partial charge in [0.25, 0.3) is 0 Å². The topological polar surface area (TPSA) is 63.4 Å². The number of hydrogen-bond acceptors (Lipinski definition) is 3. The maximum atomic E-state index is 12.9. The number of nitrogens with two attached hydrogens (primary N) is 1. The lowest BCUT2D eigenvalue weighted by molar-refractivity contribution is 0.204. The first-order chi connectivity index (χ1) is 9.96. The van der Waals surface area contributed by atoms with E-state index in [2.05, 4.69) is 11.8 Å². The Hall–Kier alpha value is -1.35. The van der Waals surface area contributed by atoms with E-state index in [1.807, 2.05) is 13.8 Å². The van der Waals surface area contributed by atoms with Crippen molar-refractivity contribution in [2.45, 2.75) is 50.1 Å². The lowest BCUT2D eigenvalue weighted by Crippen LogP contribution is -2.47. The third-order valence-corrected chi connectivity index (χ3v) is 5.98. The van der Waals surface area contributed by atoms with Crippen LogP contribution in [-0.2, 0) is 10.0 Å². The maximum Gasteiger partial charge on any atom is 0.243 e. The molecule has 114 valence electrons. The van der Waals surface area contributed by atoms with Crippen molar-refractivity contribution >= 4 is 10.0 Å². The molecule has 21 heavy (non-hydrogen) atoms. The molecule has 1 aromatic carbocycles. The van der Waals surface area contributed by atoms with Crippen LogP contribution in [0, 0.1) is 11.8 Å². The zero-order valence-electron chi connectivity index (χ0n) is 12.5. The Kier molecular flexibility index (Phi) is 5.04. The highest BCUT2D eigenvalue weighted by Gasteiger charge is 2.35. The van der Waals surface area contributed by atoms with Gasteiger partial charge in [0, 0.05) is 17.6 Å². The van der Waals surface area contributed by atoms with Gasteiger partial charge in [0.15, 0.2) is 0 Å². The second kappa shape index (κ2) is 6.61. The lowest BCUT2D eigenvalue weighted by atomic mass is 10.0. The fourth-order valence-electron chi connectivity index (χ4n) is 2.88. The SMILES string of the molecule is C[C@@H]1CCC[C@H](C)N1S(=O)(=O)c1cccc(C#CCN)c1. The first-order valence-corrected chi connectivity index (χ1v) is 8.73. The number of nitrogens with zero attached hydrogens (tertiary/aromatic N) is 1. The first-order valence-electron chi connectivity index (χ1n) is 7.29. The third kappa shape index (κ3) is 3.46. The van der Waals surface area contributed by atoms with Gasteiger partial charge in [-0.25, -0.2) is 8.42 Å². The molecule has 1 aromatic rings. The maximum absolute atomic E-state index is 12.9. The highest BCUT2D eigenvalue weighted by molar-refractivity contribution is 7.89. The highest BCUT2D eigenvalue weighted by Crippen LogP contribution is 2.29. The Morgan fingerprint density at radius 3 is 2.57 bits per heavy atom. The predicted octanol–water partition coefficient (Wildman–Crippen LogP) is 1.95. The molecule has 0 aliphatic carbocycles. The predicted molar refractivity (Wildman–Crippen MR) is 84.2 cm³/mol. The average molecular weight is 306 g/mol. The normalized spacial score (nSPS) is 23.4. The van der Waals surface area contributed by atoms with E-state index < -0.39 is 10.0 Å². The second-order valence-corrected chi connectivity index (χ2v) is 7.34. The zero-order chi connectivity index (χ0) is 15.5. The Morgan fingerprint density at radius 2 is 1.95 bits per heavy atom. The minimum atomic E-state index is -3.47. The smallest absolute Gasteiger partial charge is 0.243 e. The molecule has 1 fully saturated rings. The van der Waals surface area contributed by atoms with Crippen molar-refractivity contribution in [1.82, 2.24) is 4.31 Å². The summed E-state index contributed by atoms with van der Waals surface area (Å²) < 4.78 is 27.4. The van der Waals surface area contributed by atoms with Gasteiger partial charge in [0.1, 0.15) is 0 Å². The van der Waals surface area contributed by atoms with Crippen molar-refractivity contribution in [1.29, 1.82) is 0 Å². The summed E-state index contributed by atoms with van der Waals surface area (Å²) in [5.74, 6) is 5.63. The van der Waals surface area contributed by atoms with E-state index in [4.69, 9.17) is 5.73 Å². The van der Waals surface area contributed by atoms with E-state index in [9.17, 15) is 8.42 Å². The molecule has 1 saturated heterocycles. The molecule has 0 saturated carbocycles. The van der Waals surface area contributed by atoms with Crippen molar-refractivity contribution in [3.8, 4) is 11.8 Å². The van der Waals surface area contributed by atoms with Gasteiger partial charge < -0.3 is 5.73 Å². The summed E-state index contributed by atoms with van der Waals surface area (Å²) in [5.41, 5.74) is 6.03. The molecular weight excluding hydrogens is 284 g/mol. The van der Waals surface area contributed by atoms with E-state index in [1.54, 1.807) is 28.6 Å². The molecule has 0 spiro atoms. The number of piperidine rings is 1. The molecule has 2 atom stereocenters. The quantitative estimate of drug-likeness (QED) is 0.849. The van der Waals surface area contributed by atoms with E-state index in [1.165, 1.54) is 0 Å². The summed E-state index contributed by atoms with van der Waals surface area (Å²) in [6.07, 6.45) is 2.91. The second-order valence-electron chi connectivity index (χ2n) is 5.50. The van der Waals surface area contributed by atoms with E-state index >= 15 is 0 Å². The Balaban J connectivity index is 2.39. The standard InChI is InChI=1S/C16H22N2O2S/c1-13-6-3-7-14(2)18(13)21(19,20)16-10-4-8-15(12-16)9-5-11-17/h4,8,10,12-14H,3,6-7,11,17H2,1-2H3/t13-,14+. The highest BCUT2D eigenvalue weighted by atomic mass is 32.2. The van der Waals surface area contributed by atoms with Gasteiger partial charge in [-0.1, -0.05) is 24.3 Å². The molecule has 1 aliphatic rings. The summed E-state index contributed by atoms with van der Waals surface area (Å²) in [4.78, 5) is 0.312. The van der Waals surface area contributed by atoms with Crippen LogP contribution in [-0.4, -0.2) is 31.4 Å². The van der Waals surface area contributed by atoms with Gasteiger partial charge in [-0.2, -0.15) is 4.31 Å². The molecule has 0 radical (unpaired) electrons. The van der Waals surface area contributed by atoms with Crippen molar-refractivity contribution in [3.63, 3.8) is 0 Å². The number of rotatable bonds is 2. The van der Waals surface area contributed by atoms with Crippen LogP contribution in [0.25, 0.3) is 0 Å². The Bertz CT molecular complexity index is 648. The van der Waals surface area contributed by atoms with Gasteiger partial charge in [0.2, 0.25) is 10.0 Å². The van der Waals surface area contributed by atoms with Gasteiger partial charge >= 0.3 is 0 Å². The lowest BCUT2D eigenvalue weighted by Gasteiger charge is -2.37. The minimum Gasteiger partial charge on any atom is -0.320 e. The summed E-state index contributed by atoms with van der Waals surface area (Å²) >= 11 is 0. The van der Waals surface area contributed by atoms with Crippen LogP contribution in [0.4, 0.5) is 0 Å². The number of hydrogen-bond donors (Lipinski definition) is 1. The molecule has 4 nitrogen and oxygen atoms in total. The minimum absolute atomic E-state index is 0.0394. The van der Waals surface area contributed by atoms with Gasteiger partial charge in [0.05, 0.1) is 11.4 Å². The fraction of sp³-hybridized carbons (Fsp3) is 0.500. The van der Waals surface area contributed by atoms with Gasteiger partial charge in [-0.05, 0) is 44.9 Å². The van der Waals surface area contributed by atoms with Crippen LogP contribution in [0.5, 0.6) is 0 Å². The summed E-state index contributed by atoms with van der Waals surface area (Å²) in [6, 6.07) is 6.87. The van der Waals surface area contributed by atoms with Gasteiger partial charge in [-0.3, -0.25) is 0 Å². The van der Waals surface area contributed by atoms with E-state index in [-0.39, 0.29) is 18.6 Å². The molecular formula is C16H22N2O2S. The molecule has 0 unspecified atom stereocenters. The van der Waals surface area contributed by atoms with Crippen LogP contribution >= 0.6 is 0 Å². The molecule has 0 bridgehead atoms. The largest absolute Gasteiger partial charge is 0.320 e. The Morgan fingerprint density at radius 1 is 1.29 bits per heavy atom. The molecule has 2 rings (SSSR count). The molecule has 5 heteroatoms. The molecule has 0 aromatic heterocycles. The van der Waals surface area contributed by atoms with Gasteiger partial charge in [-0.15, -0.1) is 0 Å². The van der Waals surface area contributed by atoms with Crippen molar-refractivity contribution in [2.75, 3.05) is 6.54 Å². The monoisotopic (exact) mass is 306 g/mol. The molecule has 2 N–H and O–H groups in total. The molecule has 1 aliphatic heterocycles. The third-order valence-electron chi connectivity index (χ3n) is 3.86. The fourth-order valence-corrected chi connectivity index (χ4v) is 4.81. The summed E-state index contributed by atoms with van der Waals surface area (Å²) in [6.45, 7) is 4.22. The van der Waals surface area contributed by atoms with Crippen molar-refractivity contribution in [3.05, 3.63) is 29.8 Å². The average Bonchev–Trinajstić information content (AvgIpc) is 2.45. The summed E-state index contributed by atoms with van der Waals surface area (Å²) in [5, 5.41) is 0. The van der Waals surface area contributed by atoms with E-state index in [0.717, 1.165) is 19.3 Å². The van der Waals surface area contributed by atoms with Crippen LogP contribution in [0.2, 0.25) is 0 Å². The van der Waals surface area contributed by atoms with E-state index in [0.29, 0.717) is 10.5 Å². The Labute approximate surface area is 127 Å². The summed E-state index contributed by atoms with van der Waals surface area (Å²) in [7, 11) is -3.47. The number of benzene rings is 1. The number of sulfonamides is 1. The molecule has 1 heterocycles. The zero-order valence-corrected chi connectivity index (χ0v) is 13.4. The van der Waals surface area contributed by atoms with Crippen molar-refractivity contribution < 1.29 is 8.42 Å². The van der Waals surface area contributed by atoms with Crippen LogP contribution < -0.4 is 5.73 Å². The van der Waals surface area contributed by atoms with Crippen LogP contribution in [0.3, 0.4) is 0 Å². The van der Waals surface area contributed by atoms with Crippen LogP contribution in [0.15, 0.2) is 29.2 Å². The molecule has 0 amide bonds. The van der Waals surface area contributed by atoms with Crippen molar-refractivity contribution in [2.24, 2.45) is 5.73 Å².